The zero-order chi connectivity index (χ0) is 13.0. The van der Waals surface area contributed by atoms with Crippen LogP contribution < -0.4 is 21.2 Å². The zero-order valence-corrected chi connectivity index (χ0v) is 13.1. The van der Waals surface area contributed by atoms with Crippen LogP contribution in [0.1, 0.15) is 22.3 Å². The highest BCUT2D eigenvalue weighted by Crippen LogP contribution is 2.07. The van der Waals surface area contributed by atoms with Gasteiger partial charge in [-0.2, -0.15) is 0 Å². The minimum atomic E-state index is -0.216. The molecule has 0 aliphatic heterocycles. The van der Waals surface area contributed by atoms with Crippen LogP contribution in [0.15, 0.2) is 42.5 Å². The molecule has 0 aliphatic rings. The van der Waals surface area contributed by atoms with Crippen LogP contribution in [0.2, 0.25) is 0 Å². The van der Waals surface area contributed by atoms with Gasteiger partial charge in [0.05, 0.1) is 0 Å². The number of benzene rings is 2. The first-order chi connectivity index (χ1) is 8.66. The lowest BCUT2D eigenvalue weighted by Gasteiger charge is -1.98. The molecule has 0 heterocycles. The molecule has 90 valence electrons. The van der Waals surface area contributed by atoms with Crippen LogP contribution >= 0.6 is 0 Å². The Morgan fingerprint density at radius 3 is 2.11 bits per heavy atom. The molecule has 0 amide bonds. The van der Waals surface area contributed by atoms with E-state index in [0.717, 1.165) is 5.56 Å². The summed E-state index contributed by atoms with van der Waals surface area (Å²) < 4.78 is 4.85. The molecule has 1 heteroatoms. The summed E-state index contributed by atoms with van der Waals surface area (Å²) in [6.45, 7) is 6.54. The summed E-state index contributed by atoms with van der Waals surface area (Å²) in [6.07, 6.45) is 0. The first kappa shape index (κ1) is 13.2. The minimum Gasteiger partial charge on any atom is -0.0622 e. The van der Waals surface area contributed by atoms with E-state index in [1.165, 1.54) is 20.3 Å². The maximum atomic E-state index is 3.38. The topological polar surface area (TPSA) is 0 Å². The molecule has 18 heavy (non-hydrogen) atoms. The van der Waals surface area contributed by atoms with E-state index in [9.17, 15) is 0 Å². The summed E-state index contributed by atoms with van der Waals surface area (Å²) in [5, 5.41) is 0. The van der Waals surface area contributed by atoms with Gasteiger partial charge in [-0.05, 0) is 38.8 Å². The molecule has 0 saturated heterocycles. The zero-order valence-electron chi connectivity index (χ0n) is 10.9. The van der Waals surface area contributed by atoms with Gasteiger partial charge < -0.3 is 0 Å². The number of aryl methyl sites for hydroxylation is 3. The lowest BCUT2D eigenvalue weighted by Crippen LogP contribution is -3.60. The average molecular weight is 347 g/mol. The fourth-order valence-electron chi connectivity index (χ4n) is 1.96. The molecule has 2 aromatic rings. The van der Waals surface area contributed by atoms with Gasteiger partial charge in [-0.3, -0.25) is 0 Å². The highest BCUT2D eigenvalue weighted by Gasteiger charge is 2.16. The molecule has 0 atom stereocenters. The third-order valence-electron chi connectivity index (χ3n) is 2.69. The van der Waals surface area contributed by atoms with Crippen LogP contribution in [0, 0.1) is 34.2 Å². The van der Waals surface area contributed by atoms with Gasteiger partial charge >= 0.3 is 21.2 Å². The molecule has 0 radical (unpaired) electrons. The second-order valence-electron chi connectivity index (χ2n) is 4.39. The Morgan fingerprint density at radius 1 is 0.889 bits per heavy atom. The highest BCUT2D eigenvalue weighted by atomic mass is 127. The Hall–Kier alpha value is -1.27. The Bertz CT molecular complexity index is 577. The van der Waals surface area contributed by atoms with Crippen molar-refractivity contribution in [3.8, 4) is 9.85 Å². The van der Waals surface area contributed by atoms with Crippen molar-refractivity contribution in [1.82, 2.24) is 0 Å². The van der Waals surface area contributed by atoms with Crippen LogP contribution in [0.4, 0.5) is 0 Å². The number of hydrogen-bond donors (Lipinski definition) is 0. The highest BCUT2D eigenvalue weighted by molar-refractivity contribution is 5.32. The maximum Gasteiger partial charge on any atom is 0.420 e. The average Bonchev–Trinajstić information content (AvgIpc) is 2.34. The molecule has 2 rings (SSSR count). The van der Waals surface area contributed by atoms with E-state index in [-0.39, 0.29) is 21.2 Å². The quantitative estimate of drug-likeness (QED) is 0.531. The van der Waals surface area contributed by atoms with Crippen LogP contribution in [-0.2, 0) is 0 Å². The van der Waals surface area contributed by atoms with Crippen molar-refractivity contribution in [3.63, 3.8) is 0 Å². The van der Waals surface area contributed by atoms with Crippen LogP contribution in [-0.4, -0.2) is 0 Å². The van der Waals surface area contributed by atoms with Crippen molar-refractivity contribution in [2.24, 2.45) is 0 Å². The van der Waals surface area contributed by atoms with E-state index in [1.54, 1.807) is 0 Å². The normalized spacial score (nSPS) is 9.72. The Kier molecular flexibility index (Phi) is 4.43. The van der Waals surface area contributed by atoms with Gasteiger partial charge in [-0.1, -0.05) is 35.9 Å². The van der Waals surface area contributed by atoms with Crippen LogP contribution in [0.3, 0.4) is 0 Å². The third-order valence-corrected chi connectivity index (χ3v) is 5.47. The Labute approximate surface area is 120 Å². The monoisotopic (exact) mass is 347 g/mol. The summed E-state index contributed by atoms with van der Waals surface area (Å²) in [7, 11) is 0. The Morgan fingerprint density at radius 2 is 1.50 bits per heavy atom. The molecule has 0 spiro atoms. The summed E-state index contributed by atoms with van der Waals surface area (Å²) in [5.74, 6) is 3.26. The van der Waals surface area contributed by atoms with Gasteiger partial charge in [0.1, 0.15) is 0 Å². The first-order valence-electron chi connectivity index (χ1n) is 5.94. The van der Waals surface area contributed by atoms with Crippen molar-refractivity contribution < 1.29 is 21.2 Å². The van der Waals surface area contributed by atoms with E-state index in [0.29, 0.717) is 0 Å². The van der Waals surface area contributed by atoms with Gasteiger partial charge in [0.15, 0.2) is 3.93 Å². The van der Waals surface area contributed by atoms with Gasteiger partial charge in [0.2, 0.25) is 3.57 Å². The molecular formula is C17H16I+. The van der Waals surface area contributed by atoms with E-state index in [4.69, 9.17) is 0 Å². The minimum absolute atomic E-state index is 0.216. The summed E-state index contributed by atoms with van der Waals surface area (Å²) in [5.41, 5.74) is 5.23. The van der Waals surface area contributed by atoms with E-state index in [2.05, 4.69) is 54.9 Å². The third kappa shape index (κ3) is 3.36. The molecule has 0 N–H and O–H groups in total. The lowest BCUT2D eigenvalue weighted by molar-refractivity contribution is -0.536. The fourth-order valence-corrected chi connectivity index (χ4v) is 3.84. The summed E-state index contributed by atoms with van der Waals surface area (Å²) in [4.78, 5) is 0. The predicted molar refractivity (Wildman–Crippen MR) is 72.7 cm³/mol. The fraction of sp³-hybridized carbons (Fsp3) is 0.176. The van der Waals surface area contributed by atoms with E-state index < -0.39 is 0 Å². The van der Waals surface area contributed by atoms with Crippen molar-refractivity contribution in [3.05, 3.63) is 68.3 Å². The molecule has 0 nitrogen and oxygen atoms in total. The van der Waals surface area contributed by atoms with Crippen molar-refractivity contribution in [1.29, 1.82) is 0 Å². The molecule has 2 aromatic carbocycles. The van der Waals surface area contributed by atoms with Crippen LogP contribution in [0.25, 0.3) is 0 Å². The summed E-state index contributed by atoms with van der Waals surface area (Å²) in [6, 6.07) is 14.7. The molecule has 0 unspecified atom stereocenters. The number of rotatable bonds is 1. The maximum absolute atomic E-state index is 3.38. The van der Waals surface area contributed by atoms with Crippen molar-refractivity contribution in [2.45, 2.75) is 20.8 Å². The Balaban J connectivity index is 2.19. The smallest absolute Gasteiger partial charge is 0.0622 e. The molecular weight excluding hydrogens is 331 g/mol. The number of halogens is 1. The van der Waals surface area contributed by atoms with Crippen molar-refractivity contribution in [2.75, 3.05) is 0 Å². The lowest BCUT2D eigenvalue weighted by atomic mass is 10.1. The SMILES string of the molecule is Cc1cc(C)c([I+]C#Cc2ccccc2)c(C)c1. The van der Waals surface area contributed by atoms with Gasteiger partial charge in [-0.25, -0.2) is 0 Å². The van der Waals surface area contributed by atoms with Gasteiger partial charge in [-0.15, -0.1) is 0 Å². The second kappa shape index (κ2) is 6.06. The largest absolute Gasteiger partial charge is 0.420 e. The molecule has 0 bridgehead atoms. The summed E-state index contributed by atoms with van der Waals surface area (Å²) >= 11 is -0.216. The second-order valence-corrected chi connectivity index (χ2v) is 6.55. The predicted octanol–water partition coefficient (Wildman–Crippen LogP) is 0.880. The van der Waals surface area contributed by atoms with Gasteiger partial charge in [0.25, 0.3) is 0 Å². The molecule has 0 fully saturated rings. The molecule has 0 aliphatic carbocycles. The standard InChI is InChI=1S/C17H16I/c1-13-11-14(2)17(15(3)12-13)18-10-9-16-7-5-4-6-8-16/h4-8,11-12H,1-3H3/q+1. The van der Waals surface area contributed by atoms with Crippen molar-refractivity contribution >= 4 is 0 Å². The van der Waals surface area contributed by atoms with Crippen LogP contribution in [0.5, 0.6) is 0 Å². The van der Waals surface area contributed by atoms with E-state index >= 15 is 0 Å². The van der Waals surface area contributed by atoms with Gasteiger partial charge in [0, 0.05) is 16.7 Å². The van der Waals surface area contributed by atoms with E-state index in [1.807, 2.05) is 18.2 Å². The number of hydrogen-bond acceptors (Lipinski definition) is 0. The molecule has 0 saturated carbocycles. The first-order valence-corrected chi connectivity index (χ1v) is 8.10. The molecule has 0 aromatic heterocycles.